The van der Waals surface area contributed by atoms with Crippen LogP contribution in [0.2, 0.25) is 0 Å². The zero-order chi connectivity index (χ0) is 18.4. The third-order valence-corrected chi connectivity index (χ3v) is 6.82. The van der Waals surface area contributed by atoms with Crippen LogP contribution in [0.5, 0.6) is 0 Å². The minimum absolute atomic E-state index is 0.406. The Labute approximate surface area is 149 Å². The summed E-state index contributed by atoms with van der Waals surface area (Å²) in [6, 6.07) is 5.68. The predicted octanol–water partition coefficient (Wildman–Crippen LogP) is 1.40. The van der Waals surface area contributed by atoms with E-state index in [-0.39, 0.29) is 0 Å². The lowest BCUT2D eigenvalue weighted by Gasteiger charge is -2.19. The molecule has 10 heteroatoms. The Kier molecular flexibility index (Phi) is 6.79. The second-order valence-corrected chi connectivity index (χ2v) is 9.27. The lowest BCUT2D eigenvalue weighted by Crippen LogP contribution is -2.22. The number of hydrogen-bond acceptors (Lipinski definition) is 7. The van der Waals surface area contributed by atoms with Crippen molar-refractivity contribution in [1.82, 2.24) is 0 Å². The number of nitrogens with zero attached hydrogens (tertiary/aromatic N) is 1. The molecular formula is C15H21N2O6S2-. The zero-order valence-electron chi connectivity index (χ0n) is 13.9. The summed E-state index contributed by atoms with van der Waals surface area (Å²) in [6.07, 6.45) is 1.57. The Bertz CT molecular complexity index is 744. The first kappa shape index (κ1) is 19.7. The van der Waals surface area contributed by atoms with Crippen LogP contribution in [-0.2, 0) is 25.7 Å². The molecule has 1 aliphatic rings. The van der Waals surface area contributed by atoms with Crippen molar-refractivity contribution >= 4 is 38.4 Å². The maximum absolute atomic E-state index is 11.8. The van der Waals surface area contributed by atoms with E-state index < -0.39 is 44.5 Å². The number of benzene rings is 1. The number of carbonyl (C=O) groups is 1. The van der Waals surface area contributed by atoms with Gasteiger partial charge in [-0.15, -0.1) is 0 Å². The van der Waals surface area contributed by atoms with Gasteiger partial charge in [-0.05, 0) is 54.6 Å². The molecule has 0 aliphatic carbocycles. The van der Waals surface area contributed by atoms with E-state index in [1.807, 2.05) is 19.1 Å². The smallest absolute Gasteiger partial charge is 0.411 e. The third kappa shape index (κ3) is 6.29. The molecule has 1 fully saturated rings. The van der Waals surface area contributed by atoms with Gasteiger partial charge in [-0.3, -0.25) is 9.53 Å². The zero-order valence-corrected chi connectivity index (χ0v) is 15.5. The molecule has 2 rings (SSSR count). The number of hydrogen-bond donors (Lipinski definition) is 1. The summed E-state index contributed by atoms with van der Waals surface area (Å²) in [5, 5.41) is 1.58. The maximum Gasteiger partial charge on any atom is 0.411 e. The molecule has 0 spiro atoms. The minimum atomic E-state index is -3.80. The van der Waals surface area contributed by atoms with Crippen LogP contribution in [0.1, 0.15) is 18.4 Å². The molecule has 1 aliphatic heterocycles. The predicted molar refractivity (Wildman–Crippen MR) is 95.2 cm³/mol. The van der Waals surface area contributed by atoms with Gasteiger partial charge in [0.25, 0.3) is 0 Å². The summed E-state index contributed by atoms with van der Waals surface area (Å²) in [7, 11) is -3.80. The quantitative estimate of drug-likeness (QED) is 0.701. The molecule has 1 heterocycles. The Morgan fingerprint density at radius 1 is 1.36 bits per heavy atom. The molecule has 1 N–H and O–H groups in total. The van der Waals surface area contributed by atoms with Gasteiger partial charge in [0.2, 0.25) is 0 Å². The van der Waals surface area contributed by atoms with E-state index in [1.165, 1.54) is 12.8 Å². The Hall–Kier alpha value is -1.65. The minimum Gasteiger partial charge on any atom is -0.772 e. The molecule has 0 aromatic heterocycles. The summed E-state index contributed by atoms with van der Waals surface area (Å²) < 4.78 is 48.4. The number of sulfone groups is 1. The highest BCUT2D eigenvalue weighted by molar-refractivity contribution is 8.03. The standard InChI is InChI=1S/C15H22N2O6S2/c1-12-10-13(17-6-2-3-7-17)4-5-14(12)16-15(18)23-8-9-25(21,22)11-24(19)20/h4-5,10H,2-3,6-9,11H2,1H3,(H,16,18)(H,19,20)/p-1. The molecular weight excluding hydrogens is 368 g/mol. The van der Waals surface area contributed by atoms with Crippen LogP contribution in [0.15, 0.2) is 18.2 Å². The largest absolute Gasteiger partial charge is 0.772 e. The molecule has 0 saturated carbocycles. The average molecular weight is 389 g/mol. The van der Waals surface area contributed by atoms with Crippen LogP contribution in [0, 0.1) is 6.92 Å². The highest BCUT2D eigenvalue weighted by Gasteiger charge is 2.15. The van der Waals surface area contributed by atoms with Crippen LogP contribution in [0.4, 0.5) is 16.2 Å². The summed E-state index contributed by atoms with van der Waals surface area (Å²) >= 11 is -2.69. The number of ether oxygens (including phenoxy) is 1. The van der Waals surface area contributed by atoms with E-state index >= 15 is 0 Å². The highest BCUT2D eigenvalue weighted by Crippen LogP contribution is 2.25. The molecule has 8 nitrogen and oxygen atoms in total. The fourth-order valence-electron chi connectivity index (χ4n) is 2.57. The molecule has 0 radical (unpaired) electrons. The van der Waals surface area contributed by atoms with Gasteiger partial charge in [0.15, 0.2) is 9.84 Å². The van der Waals surface area contributed by atoms with Crippen molar-refractivity contribution in [2.24, 2.45) is 0 Å². The van der Waals surface area contributed by atoms with Crippen molar-refractivity contribution in [3.05, 3.63) is 23.8 Å². The van der Waals surface area contributed by atoms with E-state index in [0.29, 0.717) is 5.69 Å². The molecule has 1 amide bonds. The Morgan fingerprint density at radius 2 is 2.04 bits per heavy atom. The van der Waals surface area contributed by atoms with E-state index in [4.69, 9.17) is 4.74 Å². The summed E-state index contributed by atoms with van der Waals surface area (Å²) in [4.78, 5) is 14.0. The molecule has 1 aromatic rings. The van der Waals surface area contributed by atoms with Crippen molar-refractivity contribution in [2.75, 3.05) is 40.8 Å². The second-order valence-electron chi connectivity index (χ2n) is 5.82. The molecule has 140 valence electrons. The number of nitrogens with one attached hydrogen (secondary N) is 1. The fraction of sp³-hybridized carbons (Fsp3) is 0.533. The second kappa shape index (κ2) is 8.63. The van der Waals surface area contributed by atoms with Crippen LogP contribution < -0.4 is 10.2 Å². The first-order valence-electron chi connectivity index (χ1n) is 7.82. The normalized spacial score (nSPS) is 15.8. The third-order valence-electron chi connectivity index (χ3n) is 3.82. The van der Waals surface area contributed by atoms with Gasteiger partial charge in [0.05, 0.1) is 5.75 Å². The van der Waals surface area contributed by atoms with Crippen molar-refractivity contribution < 1.29 is 26.7 Å². The van der Waals surface area contributed by atoms with Crippen LogP contribution >= 0.6 is 0 Å². The lowest BCUT2D eigenvalue weighted by atomic mass is 10.1. The van der Waals surface area contributed by atoms with E-state index in [0.717, 1.165) is 24.3 Å². The molecule has 25 heavy (non-hydrogen) atoms. The van der Waals surface area contributed by atoms with Gasteiger partial charge in [-0.1, -0.05) is 0 Å². The van der Waals surface area contributed by atoms with Crippen molar-refractivity contribution in [3.8, 4) is 0 Å². The summed E-state index contributed by atoms with van der Waals surface area (Å²) in [5.41, 5.74) is 2.55. The van der Waals surface area contributed by atoms with Crippen molar-refractivity contribution in [1.29, 1.82) is 0 Å². The molecule has 0 bridgehead atoms. The first-order chi connectivity index (χ1) is 11.8. The van der Waals surface area contributed by atoms with Crippen LogP contribution in [0.25, 0.3) is 0 Å². The fourth-order valence-corrected chi connectivity index (χ4v) is 4.55. The maximum atomic E-state index is 11.8. The molecule has 1 unspecified atom stereocenters. The molecule has 1 atom stereocenters. The summed E-state index contributed by atoms with van der Waals surface area (Å²) in [6.45, 7) is 3.51. The number of carbonyl (C=O) groups excluding carboxylic acids is 1. The lowest BCUT2D eigenvalue weighted by molar-refractivity contribution is 0.168. The number of aryl methyl sites for hydroxylation is 1. The number of rotatable bonds is 7. The molecule has 1 aromatic carbocycles. The topological polar surface area (TPSA) is 116 Å². The first-order valence-corrected chi connectivity index (χ1v) is 10.9. The van der Waals surface area contributed by atoms with E-state index in [2.05, 4.69) is 10.2 Å². The van der Waals surface area contributed by atoms with E-state index in [9.17, 15) is 22.0 Å². The van der Waals surface area contributed by atoms with Gasteiger partial charge >= 0.3 is 6.09 Å². The van der Waals surface area contributed by atoms with Crippen LogP contribution in [-0.4, -0.2) is 53.8 Å². The Balaban J connectivity index is 1.85. The monoisotopic (exact) mass is 389 g/mol. The van der Waals surface area contributed by atoms with Gasteiger partial charge < -0.3 is 14.2 Å². The number of anilines is 2. The average Bonchev–Trinajstić information content (AvgIpc) is 3.02. The van der Waals surface area contributed by atoms with Gasteiger partial charge in [-0.2, -0.15) is 0 Å². The summed E-state index contributed by atoms with van der Waals surface area (Å²) in [5.74, 6) is -0.540. The number of amides is 1. The van der Waals surface area contributed by atoms with Crippen molar-refractivity contribution in [2.45, 2.75) is 19.8 Å². The van der Waals surface area contributed by atoms with Gasteiger partial charge in [0.1, 0.15) is 11.7 Å². The van der Waals surface area contributed by atoms with E-state index in [1.54, 1.807) is 6.07 Å². The molecule has 1 saturated heterocycles. The van der Waals surface area contributed by atoms with Gasteiger partial charge in [0, 0.05) is 24.5 Å². The Morgan fingerprint density at radius 3 is 2.64 bits per heavy atom. The van der Waals surface area contributed by atoms with Gasteiger partial charge in [-0.25, -0.2) is 13.2 Å². The highest BCUT2D eigenvalue weighted by atomic mass is 32.3. The SMILES string of the molecule is Cc1cc(N2CCCC2)ccc1NC(=O)OCCS(=O)(=O)CS(=O)[O-]. The van der Waals surface area contributed by atoms with Crippen LogP contribution in [0.3, 0.4) is 0 Å². The van der Waals surface area contributed by atoms with Crippen molar-refractivity contribution in [3.63, 3.8) is 0 Å².